The van der Waals surface area contributed by atoms with E-state index in [4.69, 9.17) is 0 Å². The standard InChI is InChI=1S/C24H24F2O5S2/c1-3-23(27)31-18-24(25,26)33(28,29,30)32(20-10-6-4-7-11-20,21-12-8-5-9-13-21)22-16-14-19(2)15-17-22/h3-17H,1,18H2,2H3,(H2,28,29,30). The highest BCUT2D eigenvalue weighted by molar-refractivity contribution is 8.97. The van der Waals surface area contributed by atoms with E-state index in [0.29, 0.717) is 6.08 Å². The summed E-state index contributed by atoms with van der Waals surface area (Å²) in [4.78, 5) is 11.6. The number of benzene rings is 3. The normalized spacial score (nSPS) is 14.0. The smallest absolute Gasteiger partial charge is 0.383 e. The van der Waals surface area contributed by atoms with Gasteiger partial charge >= 0.3 is 11.2 Å². The molecule has 0 saturated carbocycles. The summed E-state index contributed by atoms with van der Waals surface area (Å²) in [6, 6.07) is 21.2. The zero-order valence-corrected chi connectivity index (χ0v) is 19.4. The van der Waals surface area contributed by atoms with Crippen LogP contribution in [0.2, 0.25) is 0 Å². The quantitative estimate of drug-likeness (QED) is 0.219. The predicted octanol–water partition coefficient (Wildman–Crippen LogP) is 6.28. The number of aryl methyl sites for hydroxylation is 1. The number of ether oxygens (including phenoxy) is 1. The Labute approximate surface area is 191 Å². The Hall–Kier alpha value is -2.85. The van der Waals surface area contributed by atoms with Crippen LogP contribution < -0.4 is 0 Å². The summed E-state index contributed by atoms with van der Waals surface area (Å²) in [6.45, 7) is 3.10. The highest BCUT2D eigenvalue weighted by Crippen LogP contribution is 2.82. The van der Waals surface area contributed by atoms with Crippen LogP contribution in [0.4, 0.5) is 8.78 Å². The maximum Gasteiger partial charge on any atom is 0.383 e. The van der Waals surface area contributed by atoms with Crippen molar-refractivity contribution in [1.82, 2.24) is 0 Å². The van der Waals surface area contributed by atoms with Crippen molar-refractivity contribution < 1.29 is 31.6 Å². The predicted molar refractivity (Wildman–Crippen MR) is 126 cm³/mol. The molecular weight excluding hydrogens is 470 g/mol. The molecule has 2 N–H and O–H groups in total. The summed E-state index contributed by atoms with van der Waals surface area (Å²) < 4.78 is 72.8. The molecule has 0 atom stereocenters. The Kier molecular flexibility index (Phi) is 6.63. The average molecular weight is 495 g/mol. The fourth-order valence-electron chi connectivity index (χ4n) is 3.38. The van der Waals surface area contributed by atoms with Crippen LogP contribution in [0.5, 0.6) is 0 Å². The molecule has 0 aliphatic heterocycles. The third-order valence-electron chi connectivity index (χ3n) is 5.01. The van der Waals surface area contributed by atoms with Gasteiger partial charge in [-0.05, 0) is 43.3 Å². The largest absolute Gasteiger partial charge is 0.455 e. The van der Waals surface area contributed by atoms with E-state index in [0.717, 1.165) is 5.56 Å². The highest BCUT2D eigenvalue weighted by atomic mass is 33.2. The van der Waals surface area contributed by atoms with Gasteiger partial charge in [0.25, 0.3) is 0 Å². The second kappa shape index (κ2) is 8.83. The van der Waals surface area contributed by atoms with Gasteiger partial charge in [0.2, 0.25) is 0 Å². The molecule has 0 fully saturated rings. The number of halogens is 2. The molecule has 0 heterocycles. The number of alkyl halides is 2. The molecule has 0 unspecified atom stereocenters. The van der Waals surface area contributed by atoms with E-state index in [2.05, 4.69) is 11.3 Å². The Morgan fingerprint density at radius 3 is 1.79 bits per heavy atom. The van der Waals surface area contributed by atoms with Crippen molar-refractivity contribution >= 4 is 23.7 Å². The molecule has 0 aliphatic carbocycles. The van der Waals surface area contributed by atoms with Crippen molar-refractivity contribution in [3.05, 3.63) is 103 Å². The SMILES string of the molecule is C=CC(=O)OCC(F)(F)S(=O)(O)(O)S(c1ccccc1)(c1ccccc1)c1ccc(C)cc1. The van der Waals surface area contributed by atoms with E-state index in [1.165, 1.54) is 60.7 Å². The van der Waals surface area contributed by atoms with Crippen molar-refractivity contribution in [3.8, 4) is 0 Å². The van der Waals surface area contributed by atoms with Crippen LogP contribution in [-0.2, 0) is 18.2 Å². The second-order valence-corrected chi connectivity index (χ2v) is 15.3. The van der Waals surface area contributed by atoms with Crippen LogP contribution >= 0.6 is 9.06 Å². The molecule has 0 aliphatic rings. The van der Waals surface area contributed by atoms with Gasteiger partial charge in [-0.25, -0.2) is 9.00 Å². The van der Waals surface area contributed by atoms with Crippen LogP contribution in [0, 0.1) is 6.92 Å². The maximum atomic E-state index is 15.7. The van der Waals surface area contributed by atoms with E-state index in [9.17, 15) is 18.1 Å². The monoisotopic (exact) mass is 494 g/mol. The Bertz CT molecular complexity index is 1170. The lowest BCUT2D eigenvalue weighted by molar-refractivity contribution is -0.144. The van der Waals surface area contributed by atoms with Gasteiger partial charge in [0.15, 0.2) is 15.3 Å². The van der Waals surface area contributed by atoms with Crippen LogP contribution in [0.3, 0.4) is 0 Å². The first-order chi connectivity index (χ1) is 15.5. The van der Waals surface area contributed by atoms with Crippen molar-refractivity contribution in [2.75, 3.05) is 6.61 Å². The molecule has 9 heteroatoms. The zero-order chi connectivity index (χ0) is 24.4. The summed E-state index contributed by atoms with van der Waals surface area (Å²) in [5.41, 5.74) is 0.791. The lowest BCUT2D eigenvalue weighted by Crippen LogP contribution is -2.55. The van der Waals surface area contributed by atoms with Crippen molar-refractivity contribution in [2.45, 2.75) is 26.9 Å². The van der Waals surface area contributed by atoms with Crippen LogP contribution in [0.1, 0.15) is 5.56 Å². The molecule has 176 valence electrons. The Morgan fingerprint density at radius 1 is 0.939 bits per heavy atom. The first kappa shape index (κ1) is 24.8. The van der Waals surface area contributed by atoms with Gasteiger partial charge in [0.05, 0.1) is 0 Å². The third-order valence-corrected chi connectivity index (χ3v) is 15.0. The number of rotatable bonds is 8. The van der Waals surface area contributed by atoms with Gasteiger partial charge < -0.3 is 4.74 Å². The van der Waals surface area contributed by atoms with Crippen molar-refractivity contribution in [1.29, 1.82) is 0 Å². The number of carbonyl (C=O) groups is 1. The van der Waals surface area contributed by atoms with Crippen molar-refractivity contribution in [3.63, 3.8) is 0 Å². The number of esters is 1. The Morgan fingerprint density at radius 2 is 1.36 bits per heavy atom. The summed E-state index contributed by atoms with van der Waals surface area (Å²) in [7, 11) is -11.0. The molecule has 0 saturated heterocycles. The van der Waals surface area contributed by atoms with Gasteiger partial charge in [0.1, 0.15) is 0 Å². The van der Waals surface area contributed by atoms with E-state index in [-0.39, 0.29) is 14.7 Å². The number of carbonyl (C=O) groups excluding carboxylic acids is 1. The minimum absolute atomic E-state index is 0.0387. The molecule has 3 rings (SSSR count). The van der Waals surface area contributed by atoms with Crippen LogP contribution in [0.15, 0.2) is 112 Å². The van der Waals surface area contributed by atoms with Gasteiger partial charge in [0, 0.05) is 20.8 Å². The van der Waals surface area contributed by atoms with E-state index < -0.39 is 35.6 Å². The minimum atomic E-state index is -7.02. The van der Waals surface area contributed by atoms with Crippen LogP contribution in [0.25, 0.3) is 0 Å². The van der Waals surface area contributed by atoms with Gasteiger partial charge in [-0.1, -0.05) is 69.7 Å². The Balaban J connectivity index is 2.46. The minimum Gasteiger partial charge on any atom is -0.455 e. The molecule has 3 aromatic carbocycles. The van der Waals surface area contributed by atoms with Gasteiger partial charge in [-0.3, -0.25) is 9.11 Å². The lowest BCUT2D eigenvalue weighted by atomic mass is 10.2. The molecule has 0 amide bonds. The van der Waals surface area contributed by atoms with E-state index in [1.807, 2.05) is 0 Å². The molecule has 0 aromatic heterocycles. The van der Waals surface area contributed by atoms with Gasteiger partial charge in [-0.15, -0.1) is 0 Å². The van der Waals surface area contributed by atoms with Crippen LogP contribution in [-0.4, -0.2) is 31.1 Å². The summed E-state index contributed by atoms with van der Waals surface area (Å²) in [5, 5.41) is -4.73. The average Bonchev–Trinajstić information content (AvgIpc) is 2.80. The summed E-state index contributed by atoms with van der Waals surface area (Å²) in [5.74, 6) is -1.21. The summed E-state index contributed by atoms with van der Waals surface area (Å²) in [6.07, 6.45) is 0.649. The second-order valence-electron chi connectivity index (χ2n) is 7.24. The first-order valence-corrected chi connectivity index (χ1v) is 13.8. The molecule has 5 nitrogen and oxygen atoms in total. The molecule has 0 bridgehead atoms. The molecule has 0 spiro atoms. The highest BCUT2D eigenvalue weighted by Gasteiger charge is 2.69. The molecule has 33 heavy (non-hydrogen) atoms. The van der Waals surface area contributed by atoms with E-state index >= 15 is 8.78 Å². The fourth-order valence-corrected chi connectivity index (χ4v) is 12.8. The van der Waals surface area contributed by atoms with Crippen molar-refractivity contribution in [2.24, 2.45) is 0 Å². The zero-order valence-electron chi connectivity index (χ0n) is 17.8. The number of hydrogen-bond donors (Lipinski definition) is 2. The van der Waals surface area contributed by atoms with E-state index in [1.54, 1.807) is 31.2 Å². The molecule has 3 aromatic rings. The molecule has 0 radical (unpaired) electrons. The number of hydrogen-bond acceptors (Lipinski definition) is 3. The third kappa shape index (κ3) is 4.02. The first-order valence-electron chi connectivity index (χ1n) is 9.78. The van der Waals surface area contributed by atoms with Gasteiger partial charge in [-0.2, -0.15) is 8.78 Å². The summed E-state index contributed by atoms with van der Waals surface area (Å²) >= 11 is 0. The fraction of sp³-hybridized carbons (Fsp3) is 0.125. The molecular formula is C24H24F2O5S2. The maximum absolute atomic E-state index is 15.7. The topological polar surface area (TPSA) is 83.8 Å². The lowest BCUT2D eigenvalue weighted by Gasteiger charge is -2.56.